The lowest BCUT2D eigenvalue weighted by molar-refractivity contribution is -0.115. The molecule has 1 unspecified atom stereocenters. The smallest absolute Gasteiger partial charge is 0.251 e. The molecule has 2 aromatic heterocycles. The Morgan fingerprint density at radius 2 is 1.96 bits per heavy atom. The minimum atomic E-state index is -0.558. The number of benzene rings is 1. The van der Waals surface area contributed by atoms with Crippen molar-refractivity contribution in [3.05, 3.63) is 59.2 Å². The van der Waals surface area contributed by atoms with E-state index in [1.54, 1.807) is 17.6 Å². The highest BCUT2D eigenvalue weighted by Gasteiger charge is 2.21. The second-order valence-corrected chi connectivity index (χ2v) is 8.79. The number of hydrogen-bond acceptors (Lipinski definition) is 5. The van der Waals surface area contributed by atoms with Crippen molar-refractivity contribution in [2.75, 3.05) is 5.32 Å². The second kappa shape index (κ2) is 8.62. The van der Waals surface area contributed by atoms with E-state index in [2.05, 4.69) is 36.3 Å². The number of amides is 2. The fraction of sp³-hybridized carbons (Fsp3) is 0.250. The summed E-state index contributed by atoms with van der Waals surface area (Å²) in [4.78, 5) is 28.5. The number of thiophene rings is 1. The average molecular weight is 415 g/mol. The van der Waals surface area contributed by atoms with Gasteiger partial charge in [0.1, 0.15) is 5.00 Å². The third kappa shape index (κ3) is 4.28. The van der Waals surface area contributed by atoms with Crippen LogP contribution < -0.4 is 11.1 Å². The maximum absolute atomic E-state index is 12.6. The summed E-state index contributed by atoms with van der Waals surface area (Å²) in [5.74, 6) is -0.400. The summed E-state index contributed by atoms with van der Waals surface area (Å²) in [5, 5.41) is 5.32. The van der Waals surface area contributed by atoms with Crippen LogP contribution in [0.3, 0.4) is 0 Å². The van der Waals surface area contributed by atoms with Crippen LogP contribution in [0.4, 0.5) is 5.00 Å². The van der Waals surface area contributed by atoms with E-state index in [0.29, 0.717) is 16.5 Å². The highest BCUT2D eigenvalue weighted by molar-refractivity contribution is 8.00. The molecule has 2 heterocycles. The number of carbonyl (C=O) groups excluding carboxylic acids is 2. The Hall–Kier alpha value is -2.58. The topological polar surface area (TPSA) is 90.0 Å². The Labute approximate surface area is 172 Å². The summed E-state index contributed by atoms with van der Waals surface area (Å²) in [7, 11) is 0. The van der Waals surface area contributed by atoms with Gasteiger partial charge in [-0.3, -0.25) is 14.2 Å². The van der Waals surface area contributed by atoms with Crippen LogP contribution in [0.1, 0.15) is 42.6 Å². The Morgan fingerprint density at radius 3 is 2.68 bits per heavy atom. The van der Waals surface area contributed by atoms with Crippen molar-refractivity contribution in [2.45, 2.75) is 37.1 Å². The molecule has 2 amide bonds. The number of carbonyl (C=O) groups is 2. The number of nitrogens with zero attached hydrogens (tertiary/aromatic N) is 2. The van der Waals surface area contributed by atoms with Crippen LogP contribution in [0.15, 0.2) is 53.3 Å². The number of thioether (sulfide) groups is 1. The fourth-order valence-corrected chi connectivity index (χ4v) is 4.45. The summed E-state index contributed by atoms with van der Waals surface area (Å²) >= 11 is 2.64. The third-order valence-corrected chi connectivity index (χ3v) is 6.15. The predicted octanol–water partition coefficient (Wildman–Crippen LogP) is 4.28. The summed E-state index contributed by atoms with van der Waals surface area (Å²) < 4.78 is 2.00. The van der Waals surface area contributed by atoms with Gasteiger partial charge < -0.3 is 11.1 Å². The molecule has 0 radical (unpaired) electrons. The summed E-state index contributed by atoms with van der Waals surface area (Å²) in [6, 6.07) is 9.78. The average Bonchev–Trinajstić information content (AvgIpc) is 3.31. The van der Waals surface area contributed by atoms with Gasteiger partial charge in [0, 0.05) is 12.4 Å². The maximum atomic E-state index is 12.6. The second-order valence-electron chi connectivity index (χ2n) is 6.57. The van der Waals surface area contributed by atoms with Crippen LogP contribution in [-0.4, -0.2) is 26.6 Å². The lowest BCUT2D eigenvalue weighted by Crippen LogP contribution is -2.24. The number of hydrogen-bond donors (Lipinski definition) is 2. The van der Waals surface area contributed by atoms with E-state index in [0.717, 1.165) is 10.8 Å². The summed E-state index contributed by atoms with van der Waals surface area (Å²) in [5.41, 5.74) is 7.93. The summed E-state index contributed by atoms with van der Waals surface area (Å²) in [6.45, 7) is 6.11. The standard InChI is InChI=1S/C20H22N4O2S2/c1-12(2)14-6-4-5-7-16(14)24-10-9-22-20(24)28-13(3)18(26)23-19-15(17(21)25)8-11-27-19/h4-13H,1-3H3,(H2,21,25)(H,23,26). The normalized spacial score (nSPS) is 12.1. The van der Waals surface area contributed by atoms with Gasteiger partial charge in [-0.2, -0.15) is 0 Å². The van der Waals surface area contributed by atoms with E-state index in [9.17, 15) is 9.59 Å². The van der Waals surface area contributed by atoms with Crippen LogP contribution in [0.5, 0.6) is 0 Å². The number of nitrogens with one attached hydrogen (secondary N) is 1. The first kappa shape index (κ1) is 20.2. The molecular weight excluding hydrogens is 392 g/mol. The van der Waals surface area contributed by atoms with E-state index >= 15 is 0 Å². The molecule has 28 heavy (non-hydrogen) atoms. The Kier molecular flexibility index (Phi) is 6.21. The van der Waals surface area contributed by atoms with Gasteiger partial charge in [0.05, 0.1) is 16.5 Å². The zero-order valence-corrected chi connectivity index (χ0v) is 17.5. The van der Waals surface area contributed by atoms with Crippen LogP contribution >= 0.6 is 23.1 Å². The fourth-order valence-electron chi connectivity index (χ4n) is 2.78. The van der Waals surface area contributed by atoms with Gasteiger partial charge in [0.2, 0.25) is 5.91 Å². The number of anilines is 1. The van der Waals surface area contributed by atoms with Crippen LogP contribution in [0.2, 0.25) is 0 Å². The van der Waals surface area contributed by atoms with Gasteiger partial charge >= 0.3 is 0 Å². The Bertz CT molecular complexity index is 994. The molecular formula is C20H22N4O2S2. The Balaban J connectivity index is 1.78. The minimum absolute atomic E-state index is 0.207. The van der Waals surface area contributed by atoms with Gasteiger partial charge in [-0.15, -0.1) is 11.3 Å². The number of primary amides is 1. The van der Waals surface area contributed by atoms with E-state index in [-0.39, 0.29) is 5.91 Å². The van der Waals surface area contributed by atoms with E-state index in [1.807, 2.05) is 29.8 Å². The number of para-hydroxylation sites is 1. The molecule has 0 aliphatic rings. The largest absolute Gasteiger partial charge is 0.366 e. The van der Waals surface area contributed by atoms with E-state index < -0.39 is 11.2 Å². The molecule has 1 atom stereocenters. The molecule has 0 fully saturated rings. The van der Waals surface area contributed by atoms with Crippen molar-refractivity contribution < 1.29 is 9.59 Å². The zero-order chi connectivity index (χ0) is 20.3. The lowest BCUT2D eigenvalue weighted by Gasteiger charge is -2.16. The number of rotatable bonds is 7. The van der Waals surface area contributed by atoms with E-state index in [4.69, 9.17) is 5.73 Å². The van der Waals surface area contributed by atoms with Crippen molar-refractivity contribution in [2.24, 2.45) is 5.73 Å². The van der Waals surface area contributed by atoms with Gasteiger partial charge in [-0.05, 0) is 35.9 Å². The number of nitrogens with two attached hydrogens (primary N) is 1. The van der Waals surface area contributed by atoms with Crippen LogP contribution in [0, 0.1) is 0 Å². The molecule has 6 nitrogen and oxygen atoms in total. The number of imidazole rings is 1. The summed E-state index contributed by atoms with van der Waals surface area (Å²) in [6.07, 6.45) is 3.63. The molecule has 146 valence electrons. The first-order chi connectivity index (χ1) is 13.4. The molecule has 8 heteroatoms. The van der Waals surface area contributed by atoms with Crippen molar-refractivity contribution in [3.63, 3.8) is 0 Å². The molecule has 0 saturated carbocycles. The molecule has 3 rings (SSSR count). The van der Waals surface area contributed by atoms with Crippen molar-refractivity contribution in [1.82, 2.24) is 9.55 Å². The monoisotopic (exact) mass is 414 g/mol. The van der Waals surface area contributed by atoms with Gasteiger partial charge in [0.25, 0.3) is 5.91 Å². The van der Waals surface area contributed by atoms with Crippen LogP contribution in [0.25, 0.3) is 5.69 Å². The Morgan fingerprint density at radius 1 is 1.21 bits per heavy atom. The van der Waals surface area contributed by atoms with Crippen molar-refractivity contribution in [1.29, 1.82) is 0 Å². The van der Waals surface area contributed by atoms with Crippen LogP contribution in [-0.2, 0) is 4.79 Å². The lowest BCUT2D eigenvalue weighted by atomic mass is 10.0. The van der Waals surface area contributed by atoms with E-state index in [1.165, 1.54) is 28.7 Å². The minimum Gasteiger partial charge on any atom is -0.366 e. The SMILES string of the molecule is CC(Sc1nccn1-c1ccccc1C(C)C)C(=O)Nc1sccc1C(N)=O. The molecule has 0 spiro atoms. The molecule has 0 aliphatic carbocycles. The zero-order valence-electron chi connectivity index (χ0n) is 15.9. The highest BCUT2D eigenvalue weighted by atomic mass is 32.2. The first-order valence-electron chi connectivity index (χ1n) is 8.86. The van der Waals surface area contributed by atoms with Gasteiger partial charge in [-0.25, -0.2) is 4.98 Å². The van der Waals surface area contributed by atoms with Crippen molar-refractivity contribution in [3.8, 4) is 5.69 Å². The third-order valence-electron chi connectivity index (χ3n) is 4.24. The van der Waals surface area contributed by atoms with Crippen molar-refractivity contribution >= 4 is 39.9 Å². The molecule has 0 bridgehead atoms. The first-order valence-corrected chi connectivity index (χ1v) is 10.6. The highest BCUT2D eigenvalue weighted by Crippen LogP contribution is 2.30. The number of aromatic nitrogens is 2. The van der Waals surface area contributed by atoms with Gasteiger partial charge in [-0.1, -0.05) is 43.8 Å². The quantitative estimate of drug-likeness (QED) is 0.565. The molecule has 0 saturated heterocycles. The molecule has 1 aromatic carbocycles. The predicted molar refractivity (Wildman–Crippen MR) is 114 cm³/mol. The molecule has 3 aromatic rings. The maximum Gasteiger partial charge on any atom is 0.251 e. The molecule has 0 aliphatic heterocycles. The van der Waals surface area contributed by atoms with Gasteiger partial charge in [0.15, 0.2) is 5.16 Å². The molecule has 3 N–H and O–H groups in total.